The van der Waals surface area contributed by atoms with Crippen LogP contribution >= 0.6 is 0 Å². The van der Waals surface area contributed by atoms with E-state index in [0.717, 1.165) is 41.9 Å². The third kappa shape index (κ3) is 2.36. The Hall–Kier alpha value is -3.21. The summed E-state index contributed by atoms with van der Waals surface area (Å²) in [4.78, 5) is 9.19. The standard InChI is InChI=1S/C21H19N5/c22-20-19-18(15-7-2-1-3-8-15)25-21(26(19)24-13-23-20)17-11-10-14-6-4-5-9-16(14)12-17/h1-9,13,17H,10-12H2,(H2,22,23,24). The first-order chi connectivity index (χ1) is 12.8. The number of anilines is 1. The number of hydrogen-bond donors (Lipinski definition) is 1. The molecular weight excluding hydrogens is 322 g/mol. The van der Waals surface area contributed by atoms with Gasteiger partial charge in [-0.15, -0.1) is 0 Å². The van der Waals surface area contributed by atoms with Gasteiger partial charge in [-0.3, -0.25) is 0 Å². The molecule has 4 aromatic rings. The van der Waals surface area contributed by atoms with Gasteiger partial charge in [0.1, 0.15) is 23.4 Å². The molecule has 0 saturated carbocycles. The van der Waals surface area contributed by atoms with E-state index in [1.807, 2.05) is 22.7 Å². The van der Waals surface area contributed by atoms with Gasteiger partial charge in [-0.2, -0.15) is 5.10 Å². The summed E-state index contributed by atoms with van der Waals surface area (Å²) in [5.74, 6) is 1.76. The third-order valence-electron chi connectivity index (χ3n) is 5.25. The van der Waals surface area contributed by atoms with Crippen LogP contribution in [0.25, 0.3) is 16.8 Å². The van der Waals surface area contributed by atoms with Gasteiger partial charge >= 0.3 is 0 Å². The Balaban J connectivity index is 1.67. The second-order valence-electron chi connectivity index (χ2n) is 6.80. The van der Waals surface area contributed by atoms with E-state index in [1.54, 1.807) is 0 Å². The summed E-state index contributed by atoms with van der Waals surface area (Å²) in [6.07, 6.45) is 4.62. The minimum Gasteiger partial charge on any atom is -0.382 e. The zero-order chi connectivity index (χ0) is 17.5. The Morgan fingerprint density at radius 3 is 2.58 bits per heavy atom. The fourth-order valence-corrected chi connectivity index (χ4v) is 3.96. The predicted octanol–water partition coefficient (Wildman–Crippen LogP) is 3.65. The lowest BCUT2D eigenvalue weighted by Gasteiger charge is -2.23. The zero-order valence-electron chi connectivity index (χ0n) is 14.3. The van der Waals surface area contributed by atoms with Crippen LogP contribution in [0.3, 0.4) is 0 Å². The molecule has 2 aromatic heterocycles. The second-order valence-corrected chi connectivity index (χ2v) is 6.80. The van der Waals surface area contributed by atoms with Crippen LogP contribution in [0.15, 0.2) is 60.9 Å². The molecule has 2 heterocycles. The van der Waals surface area contributed by atoms with E-state index in [-0.39, 0.29) is 0 Å². The average molecular weight is 341 g/mol. The van der Waals surface area contributed by atoms with Gasteiger partial charge in [-0.25, -0.2) is 14.5 Å². The molecule has 0 spiro atoms. The summed E-state index contributed by atoms with van der Waals surface area (Å²) in [6, 6.07) is 18.8. The molecule has 0 fully saturated rings. The highest BCUT2D eigenvalue weighted by Gasteiger charge is 2.26. The number of imidazole rings is 1. The highest BCUT2D eigenvalue weighted by molar-refractivity contribution is 5.84. The van der Waals surface area contributed by atoms with Crippen molar-refractivity contribution in [3.05, 3.63) is 77.9 Å². The Kier molecular flexibility index (Phi) is 3.45. The highest BCUT2D eigenvalue weighted by Crippen LogP contribution is 2.35. The number of aromatic nitrogens is 4. The van der Waals surface area contributed by atoms with E-state index in [0.29, 0.717) is 11.7 Å². The Bertz CT molecular complexity index is 1080. The van der Waals surface area contributed by atoms with Crippen molar-refractivity contribution < 1.29 is 0 Å². The van der Waals surface area contributed by atoms with Gasteiger partial charge < -0.3 is 5.73 Å². The van der Waals surface area contributed by atoms with Crippen molar-refractivity contribution in [1.29, 1.82) is 0 Å². The maximum absolute atomic E-state index is 6.20. The van der Waals surface area contributed by atoms with Gasteiger partial charge in [0.05, 0.1) is 0 Å². The van der Waals surface area contributed by atoms with Crippen molar-refractivity contribution in [2.24, 2.45) is 0 Å². The van der Waals surface area contributed by atoms with Gasteiger partial charge in [-0.05, 0) is 30.4 Å². The number of aryl methyl sites for hydroxylation is 1. The van der Waals surface area contributed by atoms with E-state index in [1.165, 1.54) is 17.5 Å². The van der Waals surface area contributed by atoms with Crippen molar-refractivity contribution in [3.8, 4) is 11.3 Å². The average Bonchev–Trinajstić information content (AvgIpc) is 3.09. The first-order valence-corrected chi connectivity index (χ1v) is 8.92. The normalized spacial score (nSPS) is 16.5. The number of benzene rings is 2. The summed E-state index contributed by atoms with van der Waals surface area (Å²) in [5.41, 5.74) is 11.7. The Morgan fingerprint density at radius 1 is 0.962 bits per heavy atom. The minimum atomic E-state index is 0.323. The molecule has 1 atom stereocenters. The summed E-state index contributed by atoms with van der Waals surface area (Å²) in [7, 11) is 0. The number of hydrogen-bond acceptors (Lipinski definition) is 4. The molecule has 128 valence electrons. The van der Waals surface area contributed by atoms with Gasteiger partial charge in [0.25, 0.3) is 0 Å². The molecule has 0 amide bonds. The summed E-state index contributed by atoms with van der Waals surface area (Å²) in [5, 5.41) is 4.48. The van der Waals surface area contributed by atoms with Crippen molar-refractivity contribution in [3.63, 3.8) is 0 Å². The van der Waals surface area contributed by atoms with E-state index in [4.69, 9.17) is 10.7 Å². The van der Waals surface area contributed by atoms with E-state index in [9.17, 15) is 0 Å². The fourth-order valence-electron chi connectivity index (χ4n) is 3.96. The van der Waals surface area contributed by atoms with E-state index in [2.05, 4.69) is 46.5 Å². The monoisotopic (exact) mass is 341 g/mol. The molecule has 5 heteroatoms. The maximum Gasteiger partial charge on any atom is 0.153 e. The first kappa shape index (κ1) is 15.1. The molecule has 2 N–H and O–H groups in total. The van der Waals surface area contributed by atoms with Gasteiger partial charge in [-0.1, -0.05) is 54.6 Å². The lowest BCUT2D eigenvalue weighted by atomic mass is 9.83. The summed E-state index contributed by atoms with van der Waals surface area (Å²) < 4.78 is 1.89. The highest BCUT2D eigenvalue weighted by atomic mass is 15.3. The molecule has 0 saturated heterocycles. The first-order valence-electron chi connectivity index (χ1n) is 8.92. The van der Waals surface area contributed by atoms with Crippen LogP contribution in [-0.4, -0.2) is 19.6 Å². The Labute approximate surface area is 151 Å². The van der Waals surface area contributed by atoms with Crippen LogP contribution in [0.1, 0.15) is 29.3 Å². The van der Waals surface area contributed by atoms with Crippen LogP contribution in [0, 0.1) is 0 Å². The quantitative estimate of drug-likeness (QED) is 0.604. The van der Waals surface area contributed by atoms with Crippen molar-refractivity contribution in [2.45, 2.75) is 25.2 Å². The topological polar surface area (TPSA) is 69.1 Å². The van der Waals surface area contributed by atoms with Gasteiger partial charge in [0.15, 0.2) is 5.82 Å². The van der Waals surface area contributed by atoms with Gasteiger partial charge in [0, 0.05) is 11.5 Å². The molecule has 1 unspecified atom stereocenters. The molecule has 5 nitrogen and oxygen atoms in total. The van der Waals surface area contributed by atoms with Crippen LogP contribution in [0.2, 0.25) is 0 Å². The molecular formula is C21H19N5. The van der Waals surface area contributed by atoms with E-state index >= 15 is 0 Å². The smallest absolute Gasteiger partial charge is 0.153 e. The number of nitrogen functional groups attached to an aromatic ring is 1. The van der Waals surface area contributed by atoms with Crippen LogP contribution < -0.4 is 5.73 Å². The molecule has 1 aliphatic rings. The zero-order valence-corrected chi connectivity index (χ0v) is 14.3. The molecule has 0 aliphatic heterocycles. The fraction of sp³-hybridized carbons (Fsp3) is 0.190. The Morgan fingerprint density at radius 2 is 1.73 bits per heavy atom. The third-order valence-corrected chi connectivity index (χ3v) is 5.25. The lowest BCUT2D eigenvalue weighted by Crippen LogP contribution is -2.16. The molecule has 1 aliphatic carbocycles. The van der Waals surface area contributed by atoms with Gasteiger partial charge in [0.2, 0.25) is 0 Å². The van der Waals surface area contributed by atoms with E-state index < -0.39 is 0 Å². The SMILES string of the molecule is Nc1ncnn2c(C3CCc4ccccc4C3)nc(-c3ccccc3)c12. The van der Waals surface area contributed by atoms with Crippen molar-refractivity contribution in [2.75, 3.05) is 5.73 Å². The molecule has 5 rings (SSSR count). The van der Waals surface area contributed by atoms with Crippen LogP contribution in [0.4, 0.5) is 5.82 Å². The summed E-state index contributed by atoms with van der Waals surface area (Å²) >= 11 is 0. The minimum absolute atomic E-state index is 0.323. The molecule has 0 bridgehead atoms. The maximum atomic E-state index is 6.20. The summed E-state index contributed by atoms with van der Waals surface area (Å²) in [6.45, 7) is 0. The number of fused-ring (bicyclic) bond motifs is 2. The number of rotatable bonds is 2. The molecule has 0 radical (unpaired) electrons. The second kappa shape index (κ2) is 5.95. The molecule has 26 heavy (non-hydrogen) atoms. The largest absolute Gasteiger partial charge is 0.382 e. The van der Waals surface area contributed by atoms with Crippen molar-refractivity contribution >= 4 is 11.3 Å². The predicted molar refractivity (Wildman–Crippen MR) is 102 cm³/mol. The lowest BCUT2D eigenvalue weighted by molar-refractivity contribution is 0.543. The van der Waals surface area contributed by atoms with Crippen LogP contribution in [-0.2, 0) is 12.8 Å². The number of nitrogens with two attached hydrogens (primary N) is 1. The number of nitrogens with zero attached hydrogens (tertiary/aromatic N) is 4. The van der Waals surface area contributed by atoms with Crippen molar-refractivity contribution in [1.82, 2.24) is 19.6 Å². The molecule has 2 aromatic carbocycles. The van der Waals surface area contributed by atoms with Crippen LogP contribution in [0.5, 0.6) is 0 Å².